The van der Waals surface area contributed by atoms with Crippen LogP contribution < -0.4 is 0 Å². The normalized spacial score (nSPS) is 5.33. The third-order valence-electron chi connectivity index (χ3n) is 1.43. The molecule has 0 fully saturated rings. The first-order valence-electron chi connectivity index (χ1n) is 3.44. The third kappa shape index (κ3) is 15.8. The molecule has 0 aliphatic carbocycles. The van der Waals surface area contributed by atoms with Crippen LogP contribution in [0.25, 0.3) is 0 Å². The Labute approximate surface area is 104 Å². The molecule has 3 nitrogen and oxygen atoms in total. The van der Waals surface area contributed by atoms with Gasteiger partial charge in [0.15, 0.2) is 0 Å². The predicted octanol–water partition coefficient (Wildman–Crippen LogP) is 2.19. The summed E-state index contributed by atoms with van der Waals surface area (Å²) in [4.78, 5) is 0. The average molecular weight is 374 g/mol. The fourth-order valence-corrected chi connectivity index (χ4v) is 0.663. The van der Waals surface area contributed by atoms with Crippen molar-refractivity contribution in [2.24, 2.45) is 0 Å². The maximum Gasteiger partial charge on any atom is 0 e. The summed E-state index contributed by atoms with van der Waals surface area (Å²) in [5.74, 6) is 0. The smallest absolute Gasteiger partial charge is 0 e. The summed E-state index contributed by atoms with van der Waals surface area (Å²) < 4.78 is 22.5. The van der Waals surface area contributed by atoms with Gasteiger partial charge in [0.25, 0.3) is 0 Å². The van der Waals surface area contributed by atoms with Crippen LogP contribution in [0.3, 0.4) is 0 Å². The van der Waals surface area contributed by atoms with Crippen molar-refractivity contribution < 1.29 is 35.0 Å². The fourth-order valence-electron chi connectivity index (χ4n) is 0.663. The van der Waals surface area contributed by atoms with Crippen molar-refractivity contribution >= 4 is 0 Å². The number of aryl methyl sites for hydroxylation is 2. The van der Waals surface area contributed by atoms with Crippen LogP contribution in [0.2, 0.25) is 0 Å². The maximum absolute atomic E-state index is 7.50. The molecule has 0 aromatic heterocycles. The van der Waals surface area contributed by atoms with Gasteiger partial charge in [0.05, 0.1) is 0 Å². The molecule has 0 aliphatic rings. The van der Waals surface area contributed by atoms with Gasteiger partial charge in [-0.2, -0.15) is 0 Å². The molecule has 78 valence electrons. The van der Waals surface area contributed by atoms with E-state index in [4.69, 9.17) is 14.0 Å². The summed E-state index contributed by atoms with van der Waals surface area (Å²) in [6.45, 7) is 17.7. The molecule has 0 bridgehead atoms. The molecule has 4 heteroatoms. The van der Waals surface area contributed by atoms with Crippen LogP contribution >= 0.6 is 0 Å². The molecule has 15 heavy (non-hydrogen) atoms. The number of hydrogen-bond acceptors (Lipinski definition) is 0. The van der Waals surface area contributed by atoms with E-state index in [1.54, 1.807) is 0 Å². The van der Waals surface area contributed by atoms with Crippen LogP contribution in [0, 0.1) is 33.8 Å². The summed E-state index contributed by atoms with van der Waals surface area (Å²) >= 11 is 0. The number of rotatable bonds is 0. The maximum atomic E-state index is 7.50. The van der Waals surface area contributed by atoms with Crippen molar-refractivity contribution in [2.75, 3.05) is 0 Å². The Hall–Kier alpha value is -0.872. The van der Waals surface area contributed by atoms with Crippen molar-refractivity contribution in [1.82, 2.24) is 0 Å². The first-order valence-corrected chi connectivity index (χ1v) is 3.44. The van der Waals surface area contributed by atoms with Gasteiger partial charge < -0.3 is 0 Å². The molecule has 1 aromatic carbocycles. The van der Waals surface area contributed by atoms with E-state index in [-0.39, 0.29) is 21.1 Å². The minimum Gasteiger partial charge on any atom is 0 e. The zero-order chi connectivity index (χ0) is 12.0. The van der Waals surface area contributed by atoms with E-state index < -0.39 is 0 Å². The molecule has 0 heterocycles. The Morgan fingerprint density at radius 1 is 0.733 bits per heavy atom. The van der Waals surface area contributed by atoms with Crippen molar-refractivity contribution in [1.29, 1.82) is 0 Å². The topological polar surface area (TPSA) is 59.7 Å². The summed E-state index contributed by atoms with van der Waals surface area (Å²) in [7, 11) is 0. The number of hydrogen-bond donors (Lipinski definition) is 0. The van der Waals surface area contributed by atoms with E-state index in [2.05, 4.69) is 58.1 Å². The van der Waals surface area contributed by atoms with Crippen molar-refractivity contribution in [3.05, 3.63) is 55.3 Å². The first-order chi connectivity index (χ1) is 6.80. The summed E-state index contributed by atoms with van der Waals surface area (Å²) in [6, 6.07) is 8.36. The molecule has 0 aliphatic heterocycles. The van der Waals surface area contributed by atoms with E-state index in [0.29, 0.717) is 0 Å². The first kappa shape index (κ1) is 23.7. The van der Waals surface area contributed by atoms with E-state index in [9.17, 15) is 0 Å². The Bertz CT molecular complexity index is 254. The van der Waals surface area contributed by atoms with E-state index in [1.807, 2.05) is 0 Å². The summed E-state index contributed by atoms with van der Waals surface area (Å²) in [5, 5.41) is 0. The van der Waals surface area contributed by atoms with Crippen LogP contribution in [-0.2, 0) is 35.0 Å². The molecule has 0 atom stereocenters. The molecule has 0 saturated heterocycles. The molecule has 1 aromatic rings. The van der Waals surface area contributed by atoms with E-state index >= 15 is 0 Å². The van der Waals surface area contributed by atoms with Gasteiger partial charge in [0.1, 0.15) is 0 Å². The molecule has 0 saturated carbocycles. The van der Waals surface area contributed by atoms with Crippen LogP contribution in [0.4, 0.5) is 0 Å². The van der Waals surface area contributed by atoms with E-state index in [1.165, 1.54) is 11.1 Å². The SMILES string of the molecule is Cc1ccccc1C.[C-]#[O+].[C-]#[O+].[C-]#[O+].[W]. The molecular weight excluding hydrogens is 364 g/mol. The Morgan fingerprint density at radius 3 is 1.07 bits per heavy atom. The van der Waals surface area contributed by atoms with Gasteiger partial charge in [-0.05, 0) is 25.0 Å². The monoisotopic (exact) mass is 374 g/mol. The van der Waals surface area contributed by atoms with Gasteiger partial charge in [0, 0.05) is 21.1 Å². The van der Waals surface area contributed by atoms with Crippen LogP contribution in [0.15, 0.2) is 24.3 Å². The van der Waals surface area contributed by atoms with Crippen LogP contribution in [0.5, 0.6) is 0 Å². The second-order valence-electron chi connectivity index (χ2n) is 2.08. The van der Waals surface area contributed by atoms with Crippen LogP contribution in [-0.4, -0.2) is 0 Å². The standard InChI is InChI=1S/C8H10.3CO.W/c1-7-5-3-4-6-8(7)2;3*1-2;/h3-6H,1-2H3;;;;. The Morgan fingerprint density at radius 2 is 0.933 bits per heavy atom. The molecular formula is C11H10O3W. The van der Waals surface area contributed by atoms with Crippen molar-refractivity contribution in [2.45, 2.75) is 13.8 Å². The molecule has 0 unspecified atom stereocenters. The minimum atomic E-state index is 0. The van der Waals surface area contributed by atoms with Gasteiger partial charge in [-0.15, -0.1) is 0 Å². The molecule has 0 amide bonds. The van der Waals surface area contributed by atoms with Gasteiger partial charge in [-0.25, -0.2) is 0 Å². The second kappa shape index (κ2) is 23.2. The number of benzene rings is 1. The Kier molecular flexibility index (Phi) is 36.7. The van der Waals surface area contributed by atoms with Gasteiger partial charge in [0.2, 0.25) is 0 Å². The summed E-state index contributed by atoms with van der Waals surface area (Å²) in [6.07, 6.45) is 0. The minimum absolute atomic E-state index is 0. The van der Waals surface area contributed by atoms with Crippen LogP contribution in [0.1, 0.15) is 11.1 Å². The van der Waals surface area contributed by atoms with E-state index in [0.717, 1.165) is 0 Å². The third-order valence-corrected chi connectivity index (χ3v) is 1.43. The average Bonchev–Trinajstić information content (AvgIpc) is 2.31. The molecule has 1 rings (SSSR count). The Balaban J connectivity index is -0.0000000755. The predicted molar refractivity (Wildman–Crippen MR) is 47.7 cm³/mol. The molecule has 0 spiro atoms. The second-order valence-corrected chi connectivity index (χ2v) is 2.08. The van der Waals surface area contributed by atoms with Gasteiger partial charge >= 0.3 is 33.9 Å². The van der Waals surface area contributed by atoms with Gasteiger partial charge in [-0.3, -0.25) is 0 Å². The largest absolute Gasteiger partial charge is 0 e. The molecule has 0 N–H and O–H groups in total. The zero-order valence-corrected chi connectivity index (χ0v) is 11.4. The van der Waals surface area contributed by atoms with Crippen molar-refractivity contribution in [3.63, 3.8) is 0 Å². The quantitative estimate of drug-likeness (QED) is 0.494. The summed E-state index contributed by atoms with van der Waals surface area (Å²) in [5.41, 5.74) is 2.74. The van der Waals surface area contributed by atoms with Gasteiger partial charge in [-0.1, -0.05) is 24.3 Å². The van der Waals surface area contributed by atoms with Crippen molar-refractivity contribution in [3.8, 4) is 0 Å². The fraction of sp³-hybridized carbons (Fsp3) is 0.182. The zero-order valence-electron chi connectivity index (χ0n) is 8.44. The molecule has 0 radical (unpaired) electrons.